The maximum Gasteiger partial charge on any atom is 0.131 e. The summed E-state index contributed by atoms with van der Waals surface area (Å²) in [4.78, 5) is 2.28. The fourth-order valence-corrected chi connectivity index (χ4v) is 2.39. The first-order valence-corrected chi connectivity index (χ1v) is 6.08. The van der Waals surface area contributed by atoms with Crippen LogP contribution in [-0.4, -0.2) is 35.7 Å². The predicted molar refractivity (Wildman–Crippen MR) is 65.5 cm³/mol. The quantitative estimate of drug-likeness (QED) is 0.840. The Bertz CT molecular complexity index is 393. The summed E-state index contributed by atoms with van der Waals surface area (Å²) in [5.74, 6) is -0.352. The van der Waals surface area contributed by atoms with E-state index < -0.39 is 0 Å². The van der Waals surface area contributed by atoms with Gasteiger partial charge in [-0.1, -0.05) is 13.0 Å². The van der Waals surface area contributed by atoms with Crippen molar-refractivity contribution in [3.63, 3.8) is 0 Å². The molecule has 0 spiro atoms. The summed E-state index contributed by atoms with van der Waals surface area (Å²) < 4.78 is 13.8. The number of nitrogens with one attached hydrogen (secondary N) is 1. The summed E-state index contributed by atoms with van der Waals surface area (Å²) in [6.07, 6.45) is 0. The molecule has 17 heavy (non-hydrogen) atoms. The van der Waals surface area contributed by atoms with Crippen molar-refractivity contribution in [1.29, 1.82) is 0 Å². The Hall–Kier alpha value is -1.13. The van der Waals surface area contributed by atoms with E-state index in [0.717, 1.165) is 19.6 Å². The fourth-order valence-electron chi connectivity index (χ4n) is 2.39. The first-order valence-electron chi connectivity index (χ1n) is 6.08. The first kappa shape index (κ1) is 12.3. The molecular formula is C13H19FN2O. The Morgan fingerprint density at radius 3 is 2.71 bits per heavy atom. The van der Waals surface area contributed by atoms with Crippen molar-refractivity contribution in [2.24, 2.45) is 0 Å². The lowest BCUT2D eigenvalue weighted by Gasteiger charge is -2.41. The maximum absolute atomic E-state index is 13.8. The zero-order valence-electron chi connectivity index (χ0n) is 10.3. The van der Waals surface area contributed by atoms with Gasteiger partial charge in [-0.2, -0.15) is 0 Å². The first-order chi connectivity index (χ1) is 8.13. The smallest absolute Gasteiger partial charge is 0.131 e. The molecule has 1 aromatic carbocycles. The summed E-state index contributed by atoms with van der Waals surface area (Å²) in [6, 6.07) is 4.92. The van der Waals surface area contributed by atoms with Crippen molar-refractivity contribution < 1.29 is 9.50 Å². The summed E-state index contributed by atoms with van der Waals surface area (Å²) in [5.41, 5.74) is 0.650. The number of likely N-dealkylation sites (N-methyl/N-ethyl adjacent to an activating group) is 1. The molecule has 0 bridgehead atoms. The Morgan fingerprint density at radius 2 is 2.24 bits per heavy atom. The highest BCUT2D eigenvalue weighted by Gasteiger charge is 2.28. The maximum atomic E-state index is 13.8. The van der Waals surface area contributed by atoms with Gasteiger partial charge in [-0.05, 0) is 19.5 Å². The van der Waals surface area contributed by atoms with Crippen LogP contribution in [0.15, 0.2) is 18.2 Å². The van der Waals surface area contributed by atoms with Crippen LogP contribution in [0.25, 0.3) is 0 Å². The molecular weight excluding hydrogens is 219 g/mol. The SMILES string of the molecule is CCN(C1CNC1)C(C)c1ccc(O)cc1F. The van der Waals surface area contributed by atoms with Gasteiger partial charge in [-0.3, -0.25) is 4.90 Å². The summed E-state index contributed by atoms with van der Waals surface area (Å²) in [5, 5.41) is 12.4. The molecule has 0 aliphatic carbocycles. The van der Waals surface area contributed by atoms with Crippen LogP contribution in [0.1, 0.15) is 25.5 Å². The molecule has 1 aliphatic heterocycles. The van der Waals surface area contributed by atoms with Gasteiger partial charge in [-0.15, -0.1) is 0 Å². The molecule has 0 aromatic heterocycles. The van der Waals surface area contributed by atoms with Gasteiger partial charge in [-0.25, -0.2) is 4.39 Å². The molecule has 0 amide bonds. The average molecular weight is 238 g/mol. The van der Waals surface area contributed by atoms with E-state index in [4.69, 9.17) is 0 Å². The summed E-state index contributed by atoms with van der Waals surface area (Å²) in [6.45, 7) is 6.94. The van der Waals surface area contributed by atoms with E-state index in [1.165, 1.54) is 6.07 Å². The minimum atomic E-state index is -0.330. The van der Waals surface area contributed by atoms with Crippen LogP contribution in [-0.2, 0) is 0 Å². The van der Waals surface area contributed by atoms with Crippen LogP contribution in [0, 0.1) is 5.82 Å². The molecule has 2 N–H and O–H groups in total. The van der Waals surface area contributed by atoms with Crippen LogP contribution in [0.5, 0.6) is 5.75 Å². The zero-order chi connectivity index (χ0) is 12.4. The Balaban J connectivity index is 2.19. The van der Waals surface area contributed by atoms with Crippen molar-refractivity contribution >= 4 is 0 Å². The Morgan fingerprint density at radius 1 is 1.53 bits per heavy atom. The number of hydrogen-bond donors (Lipinski definition) is 2. The Labute approximate surface area is 101 Å². The van der Waals surface area contributed by atoms with Crippen molar-refractivity contribution in [2.45, 2.75) is 25.9 Å². The molecule has 94 valence electrons. The third kappa shape index (κ3) is 2.42. The van der Waals surface area contributed by atoms with Crippen molar-refractivity contribution in [3.05, 3.63) is 29.6 Å². The minimum Gasteiger partial charge on any atom is -0.508 e. The van der Waals surface area contributed by atoms with E-state index in [1.54, 1.807) is 12.1 Å². The zero-order valence-corrected chi connectivity index (χ0v) is 10.3. The second-order valence-corrected chi connectivity index (χ2v) is 4.52. The Kier molecular flexibility index (Phi) is 3.64. The van der Waals surface area contributed by atoms with Gasteiger partial charge in [0.2, 0.25) is 0 Å². The highest BCUT2D eigenvalue weighted by Crippen LogP contribution is 2.27. The third-order valence-corrected chi connectivity index (χ3v) is 3.53. The van der Waals surface area contributed by atoms with E-state index in [1.807, 2.05) is 6.92 Å². The normalized spacial score (nSPS) is 18.1. The molecule has 1 atom stereocenters. The van der Waals surface area contributed by atoms with Gasteiger partial charge >= 0.3 is 0 Å². The lowest BCUT2D eigenvalue weighted by atomic mass is 10.0. The topological polar surface area (TPSA) is 35.5 Å². The van der Waals surface area contributed by atoms with Gasteiger partial charge < -0.3 is 10.4 Å². The number of benzene rings is 1. The van der Waals surface area contributed by atoms with E-state index in [-0.39, 0.29) is 17.6 Å². The third-order valence-electron chi connectivity index (χ3n) is 3.53. The highest BCUT2D eigenvalue weighted by atomic mass is 19.1. The van der Waals surface area contributed by atoms with E-state index in [0.29, 0.717) is 11.6 Å². The van der Waals surface area contributed by atoms with Gasteiger partial charge in [0.25, 0.3) is 0 Å². The molecule has 0 radical (unpaired) electrons. The van der Waals surface area contributed by atoms with Crippen molar-refractivity contribution in [1.82, 2.24) is 10.2 Å². The highest BCUT2D eigenvalue weighted by molar-refractivity contribution is 5.29. The monoisotopic (exact) mass is 238 g/mol. The second-order valence-electron chi connectivity index (χ2n) is 4.52. The predicted octanol–water partition coefficient (Wildman–Crippen LogP) is 1.89. The largest absolute Gasteiger partial charge is 0.508 e. The van der Waals surface area contributed by atoms with Crippen LogP contribution >= 0.6 is 0 Å². The molecule has 4 heteroatoms. The van der Waals surface area contributed by atoms with E-state index >= 15 is 0 Å². The van der Waals surface area contributed by atoms with E-state index in [9.17, 15) is 9.50 Å². The molecule has 1 aliphatic rings. The standard InChI is InChI=1S/C13H19FN2O/c1-3-16(10-7-15-8-10)9(2)12-5-4-11(17)6-13(12)14/h4-6,9-10,15,17H,3,7-8H2,1-2H3. The number of halogens is 1. The van der Waals surface area contributed by atoms with Gasteiger partial charge in [0, 0.05) is 36.8 Å². The van der Waals surface area contributed by atoms with E-state index in [2.05, 4.69) is 17.1 Å². The summed E-state index contributed by atoms with van der Waals surface area (Å²) >= 11 is 0. The summed E-state index contributed by atoms with van der Waals surface area (Å²) in [7, 11) is 0. The number of nitrogens with zero attached hydrogens (tertiary/aromatic N) is 1. The minimum absolute atomic E-state index is 0.0215. The number of phenols is 1. The lowest BCUT2D eigenvalue weighted by molar-refractivity contribution is 0.108. The number of rotatable bonds is 4. The lowest BCUT2D eigenvalue weighted by Crippen LogP contribution is -2.57. The molecule has 1 fully saturated rings. The van der Waals surface area contributed by atoms with Crippen LogP contribution in [0.3, 0.4) is 0 Å². The van der Waals surface area contributed by atoms with Gasteiger partial charge in [0.1, 0.15) is 11.6 Å². The second kappa shape index (κ2) is 5.02. The number of aromatic hydroxyl groups is 1. The molecule has 1 aromatic rings. The average Bonchev–Trinajstić information content (AvgIpc) is 2.22. The number of hydrogen-bond acceptors (Lipinski definition) is 3. The molecule has 2 rings (SSSR count). The van der Waals surface area contributed by atoms with Crippen molar-refractivity contribution in [3.8, 4) is 5.75 Å². The van der Waals surface area contributed by atoms with Crippen LogP contribution < -0.4 is 5.32 Å². The number of phenolic OH excluding ortho intramolecular Hbond substituents is 1. The molecule has 1 unspecified atom stereocenters. The van der Waals surface area contributed by atoms with Crippen molar-refractivity contribution in [2.75, 3.05) is 19.6 Å². The van der Waals surface area contributed by atoms with Gasteiger partial charge in [0.15, 0.2) is 0 Å². The molecule has 0 saturated carbocycles. The molecule has 3 nitrogen and oxygen atoms in total. The molecule has 1 saturated heterocycles. The van der Waals surface area contributed by atoms with Gasteiger partial charge in [0.05, 0.1) is 0 Å². The van der Waals surface area contributed by atoms with Crippen LogP contribution in [0.4, 0.5) is 4.39 Å². The van der Waals surface area contributed by atoms with Crippen LogP contribution in [0.2, 0.25) is 0 Å². The fraction of sp³-hybridized carbons (Fsp3) is 0.538. The molecule has 1 heterocycles.